The van der Waals surface area contributed by atoms with Crippen molar-refractivity contribution in [2.75, 3.05) is 38.0 Å². The summed E-state index contributed by atoms with van der Waals surface area (Å²) >= 11 is 0. The normalized spacial score (nSPS) is 12.6. The topological polar surface area (TPSA) is 50.3 Å². The highest BCUT2D eigenvalue weighted by molar-refractivity contribution is 5.41. The van der Waals surface area contributed by atoms with E-state index < -0.39 is 0 Å². The van der Waals surface area contributed by atoms with Gasteiger partial charge in [0.05, 0.1) is 12.6 Å². The molecule has 1 unspecified atom stereocenters. The van der Waals surface area contributed by atoms with E-state index >= 15 is 0 Å². The van der Waals surface area contributed by atoms with E-state index in [0.717, 1.165) is 5.82 Å². The second kappa shape index (κ2) is 6.39. The van der Waals surface area contributed by atoms with Crippen molar-refractivity contribution in [3.63, 3.8) is 0 Å². The Labute approximate surface area is 103 Å². The molecule has 0 fully saturated rings. The first-order valence-corrected chi connectivity index (χ1v) is 5.80. The van der Waals surface area contributed by atoms with Gasteiger partial charge in [0.1, 0.15) is 5.82 Å². The zero-order valence-electron chi connectivity index (χ0n) is 11.3. The lowest BCUT2D eigenvalue weighted by atomic mass is 10.1. The largest absolute Gasteiger partial charge is 0.383 e. The molecule has 0 saturated heterocycles. The highest BCUT2D eigenvalue weighted by atomic mass is 16.5. The number of aromatic nitrogens is 2. The van der Waals surface area contributed by atoms with Crippen LogP contribution in [-0.2, 0) is 4.74 Å². The van der Waals surface area contributed by atoms with E-state index in [4.69, 9.17) is 4.74 Å². The summed E-state index contributed by atoms with van der Waals surface area (Å²) in [6.45, 7) is 4.98. The molecule has 0 bridgehead atoms. The van der Waals surface area contributed by atoms with Crippen LogP contribution < -0.4 is 10.2 Å². The molecule has 17 heavy (non-hydrogen) atoms. The fraction of sp³-hybridized carbons (Fsp3) is 0.667. The fourth-order valence-electron chi connectivity index (χ4n) is 1.41. The van der Waals surface area contributed by atoms with E-state index in [1.807, 2.05) is 25.1 Å². The maximum absolute atomic E-state index is 5.20. The molecule has 0 radical (unpaired) electrons. The smallest absolute Gasteiger partial charge is 0.226 e. The maximum Gasteiger partial charge on any atom is 0.226 e. The third-order valence-electron chi connectivity index (χ3n) is 2.53. The van der Waals surface area contributed by atoms with E-state index in [0.29, 0.717) is 18.5 Å². The first-order valence-electron chi connectivity index (χ1n) is 5.80. The highest BCUT2D eigenvalue weighted by Gasteiger charge is 2.13. The minimum atomic E-state index is 0.255. The van der Waals surface area contributed by atoms with E-state index in [2.05, 4.69) is 29.1 Å². The molecule has 0 aliphatic rings. The second-order valence-electron chi connectivity index (χ2n) is 4.59. The van der Waals surface area contributed by atoms with Crippen LogP contribution in [0.15, 0.2) is 12.3 Å². The average molecular weight is 238 g/mol. The lowest BCUT2D eigenvalue weighted by Crippen LogP contribution is -2.31. The monoisotopic (exact) mass is 238 g/mol. The van der Waals surface area contributed by atoms with Crippen LogP contribution in [0.5, 0.6) is 0 Å². The van der Waals surface area contributed by atoms with Gasteiger partial charge in [-0.3, -0.25) is 0 Å². The number of ether oxygens (including phenoxy) is 1. The van der Waals surface area contributed by atoms with Gasteiger partial charge in [-0.05, 0) is 12.0 Å². The molecule has 1 atom stereocenters. The highest BCUT2D eigenvalue weighted by Crippen LogP contribution is 2.12. The van der Waals surface area contributed by atoms with Crippen LogP contribution in [0.1, 0.15) is 13.8 Å². The molecule has 0 aliphatic carbocycles. The molecule has 0 spiro atoms. The van der Waals surface area contributed by atoms with Gasteiger partial charge < -0.3 is 15.0 Å². The molecular formula is C12H22N4O. The molecular weight excluding hydrogens is 216 g/mol. The van der Waals surface area contributed by atoms with Crippen molar-refractivity contribution in [3.05, 3.63) is 12.3 Å². The minimum Gasteiger partial charge on any atom is -0.383 e. The molecule has 5 nitrogen and oxygen atoms in total. The first kappa shape index (κ1) is 13.7. The molecule has 1 heterocycles. The summed E-state index contributed by atoms with van der Waals surface area (Å²) in [4.78, 5) is 10.5. The number of nitrogens with zero attached hydrogens (tertiary/aromatic N) is 3. The van der Waals surface area contributed by atoms with Gasteiger partial charge in [0.15, 0.2) is 0 Å². The number of nitrogens with one attached hydrogen (secondary N) is 1. The molecule has 0 aliphatic heterocycles. The molecule has 0 amide bonds. The van der Waals surface area contributed by atoms with Crippen molar-refractivity contribution in [1.82, 2.24) is 9.97 Å². The standard InChI is InChI=1S/C12H22N4O/c1-9(2)10(8-17-5)14-11-6-7-13-12(15-11)16(3)4/h6-7,9-10H,8H2,1-5H3,(H,13,14,15). The van der Waals surface area contributed by atoms with Crippen molar-refractivity contribution in [3.8, 4) is 0 Å². The Kier molecular flexibility index (Phi) is 5.15. The van der Waals surface area contributed by atoms with Gasteiger partial charge in [0, 0.05) is 27.4 Å². The van der Waals surface area contributed by atoms with Crippen LogP contribution in [0.25, 0.3) is 0 Å². The lowest BCUT2D eigenvalue weighted by Gasteiger charge is -2.22. The number of rotatable bonds is 6. The summed E-state index contributed by atoms with van der Waals surface area (Å²) < 4.78 is 5.20. The lowest BCUT2D eigenvalue weighted by molar-refractivity contribution is 0.171. The number of hydrogen-bond acceptors (Lipinski definition) is 5. The van der Waals surface area contributed by atoms with Gasteiger partial charge in [0.2, 0.25) is 5.95 Å². The SMILES string of the molecule is COCC(Nc1ccnc(N(C)C)n1)C(C)C. The quantitative estimate of drug-likeness (QED) is 0.816. The molecule has 0 aromatic carbocycles. The zero-order chi connectivity index (χ0) is 12.8. The summed E-state index contributed by atoms with van der Waals surface area (Å²) in [5, 5.41) is 3.37. The maximum atomic E-state index is 5.20. The summed E-state index contributed by atoms with van der Waals surface area (Å²) in [7, 11) is 5.56. The molecule has 96 valence electrons. The Bertz CT molecular complexity index is 341. The van der Waals surface area contributed by atoms with Crippen LogP contribution in [0.4, 0.5) is 11.8 Å². The van der Waals surface area contributed by atoms with Crippen molar-refractivity contribution < 1.29 is 4.74 Å². The fourth-order valence-corrected chi connectivity index (χ4v) is 1.41. The minimum absolute atomic E-state index is 0.255. The summed E-state index contributed by atoms with van der Waals surface area (Å²) in [5.41, 5.74) is 0. The Balaban J connectivity index is 2.75. The number of methoxy groups -OCH3 is 1. The van der Waals surface area contributed by atoms with E-state index in [1.54, 1.807) is 13.3 Å². The molecule has 0 saturated carbocycles. The van der Waals surface area contributed by atoms with Crippen LogP contribution in [-0.4, -0.2) is 43.8 Å². The van der Waals surface area contributed by atoms with Crippen molar-refractivity contribution in [1.29, 1.82) is 0 Å². The van der Waals surface area contributed by atoms with Gasteiger partial charge in [-0.2, -0.15) is 4.98 Å². The van der Waals surface area contributed by atoms with E-state index in [-0.39, 0.29) is 6.04 Å². The van der Waals surface area contributed by atoms with Crippen LogP contribution >= 0.6 is 0 Å². The van der Waals surface area contributed by atoms with Gasteiger partial charge in [0.25, 0.3) is 0 Å². The molecule has 5 heteroatoms. The Morgan fingerprint density at radius 1 is 1.41 bits per heavy atom. The summed E-state index contributed by atoms with van der Waals surface area (Å²) in [6, 6.07) is 2.13. The Hall–Kier alpha value is -1.36. The van der Waals surface area contributed by atoms with Crippen LogP contribution in [0, 0.1) is 5.92 Å². The van der Waals surface area contributed by atoms with Gasteiger partial charge >= 0.3 is 0 Å². The zero-order valence-corrected chi connectivity index (χ0v) is 11.3. The van der Waals surface area contributed by atoms with Gasteiger partial charge in [-0.15, -0.1) is 0 Å². The Morgan fingerprint density at radius 2 is 2.12 bits per heavy atom. The van der Waals surface area contributed by atoms with Crippen molar-refractivity contribution in [2.45, 2.75) is 19.9 Å². The molecule has 1 N–H and O–H groups in total. The second-order valence-corrected chi connectivity index (χ2v) is 4.59. The average Bonchev–Trinajstić information content (AvgIpc) is 2.28. The molecule has 1 rings (SSSR count). The van der Waals surface area contributed by atoms with Crippen molar-refractivity contribution in [2.24, 2.45) is 5.92 Å². The van der Waals surface area contributed by atoms with Crippen LogP contribution in [0.3, 0.4) is 0 Å². The predicted molar refractivity (Wildman–Crippen MR) is 70.5 cm³/mol. The predicted octanol–water partition coefficient (Wildman–Crippen LogP) is 1.63. The number of hydrogen-bond donors (Lipinski definition) is 1. The third-order valence-corrected chi connectivity index (χ3v) is 2.53. The summed E-state index contributed by atoms with van der Waals surface area (Å²) in [5.74, 6) is 2.02. The van der Waals surface area contributed by atoms with Crippen molar-refractivity contribution >= 4 is 11.8 Å². The van der Waals surface area contributed by atoms with Crippen LogP contribution in [0.2, 0.25) is 0 Å². The van der Waals surface area contributed by atoms with E-state index in [9.17, 15) is 0 Å². The molecule has 1 aromatic rings. The third kappa shape index (κ3) is 4.19. The summed E-state index contributed by atoms with van der Waals surface area (Å²) in [6.07, 6.45) is 1.76. The Morgan fingerprint density at radius 3 is 2.65 bits per heavy atom. The van der Waals surface area contributed by atoms with Gasteiger partial charge in [-0.1, -0.05) is 13.8 Å². The first-order chi connectivity index (χ1) is 8.04. The molecule has 1 aromatic heterocycles. The number of anilines is 2. The van der Waals surface area contributed by atoms with Gasteiger partial charge in [-0.25, -0.2) is 4.98 Å². The van der Waals surface area contributed by atoms with E-state index in [1.165, 1.54) is 0 Å².